The van der Waals surface area contributed by atoms with Crippen molar-refractivity contribution in [3.05, 3.63) is 35.9 Å². The summed E-state index contributed by atoms with van der Waals surface area (Å²) in [5, 5.41) is -0.494. The van der Waals surface area contributed by atoms with Gasteiger partial charge in [-0.1, -0.05) is 64.2 Å². The molecule has 0 radical (unpaired) electrons. The Bertz CT molecular complexity index is 458. The molecule has 0 heterocycles. The molecule has 0 saturated heterocycles. The van der Waals surface area contributed by atoms with Gasteiger partial charge >= 0.3 is 5.97 Å². The van der Waals surface area contributed by atoms with Crippen LogP contribution in [0.2, 0.25) is 18.1 Å². The molecule has 0 aromatic heterocycles. The molecule has 1 aromatic carbocycles. The zero-order chi connectivity index (χ0) is 14.7. The molecule has 0 fully saturated rings. The van der Waals surface area contributed by atoms with Gasteiger partial charge in [0, 0.05) is 0 Å². The Kier molecular flexibility index (Phi) is 4.69. The van der Waals surface area contributed by atoms with Crippen LogP contribution in [0.5, 0.6) is 0 Å². The standard InChI is InChI=1S/C15H22O3Si/c1-15(2,3)19(4,5)14(17)13(16)18-11-12-9-7-6-8-10-12/h6-10H,11H2,1-5H3. The number of rotatable bonds is 4. The first kappa shape index (κ1) is 15.6. The van der Waals surface area contributed by atoms with E-state index in [4.69, 9.17) is 4.74 Å². The van der Waals surface area contributed by atoms with E-state index in [0.29, 0.717) is 0 Å². The molecule has 0 N–H and O–H groups in total. The van der Waals surface area contributed by atoms with E-state index in [1.54, 1.807) is 0 Å². The second kappa shape index (κ2) is 5.69. The van der Waals surface area contributed by atoms with Gasteiger partial charge in [-0.3, -0.25) is 4.79 Å². The quantitative estimate of drug-likeness (QED) is 0.482. The maximum Gasteiger partial charge on any atom is 0.369 e. The molecule has 0 aliphatic heterocycles. The van der Waals surface area contributed by atoms with Crippen LogP contribution in [0, 0.1) is 0 Å². The molecule has 3 nitrogen and oxygen atoms in total. The minimum absolute atomic E-state index is 0.153. The summed E-state index contributed by atoms with van der Waals surface area (Å²) in [6.07, 6.45) is 0. The van der Waals surface area contributed by atoms with Crippen LogP contribution < -0.4 is 0 Å². The average molecular weight is 278 g/mol. The monoisotopic (exact) mass is 278 g/mol. The molecule has 0 aliphatic rings. The Morgan fingerprint density at radius 3 is 2.11 bits per heavy atom. The maximum absolute atomic E-state index is 12.2. The minimum Gasteiger partial charge on any atom is -0.455 e. The van der Waals surface area contributed by atoms with Crippen LogP contribution in [-0.4, -0.2) is 19.4 Å². The molecular formula is C15H22O3Si. The van der Waals surface area contributed by atoms with E-state index in [0.717, 1.165) is 5.56 Å². The molecule has 0 atom stereocenters. The van der Waals surface area contributed by atoms with E-state index in [1.807, 2.05) is 64.2 Å². The molecule has 4 heteroatoms. The SMILES string of the molecule is CC(C)(C)[Si](C)(C)C(=O)C(=O)OCc1ccccc1. The number of carbonyl (C=O) groups excluding carboxylic acids is 2. The first-order chi connectivity index (χ1) is 8.66. The number of hydrogen-bond acceptors (Lipinski definition) is 3. The van der Waals surface area contributed by atoms with Crippen LogP contribution in [0.4, 0.5) is 0 Å². The Labute approximate surface area is 116 Å². The third kappa shape index (κ3) is 3.77. The maximum atomic E-state index is 12.2. The van der Waals surface area contributed by atoms with E-state index in [-0.39, 0.29) is 17.1 Å². The van der Waals surface area contributed by atoms with Crippen molar-refractivity contribution < 1.29 is 14.3 Å². The first-order valence-corrected chi connectivity index (χ1v) is 9.42. The summed E-state index contributed by atoms with van der Waals surface area (Å²) in [4.78, 5) is 24.1. The van der Waals surface area contributed by atoms with Crippen molar-refractivity contribution >= 4 is 19.4 Å². The van der Waals surface area contributed by atoms with Crippen LogP contribution >= 0.6 is 0 Å². The van der Waals surface area contributed by atoms with Crippen LogP contribution in [0.25, 0.3) is 0 Å². The van der Waals surface area contributed by atoms with Crippen molar-refractivity contribution in [2.45, 2.75) is 45.5 Å². The van der Waals surface area contributed by atoms with Gasteiger partial charge in [0.2, 0.25) is 5.41 Å². The van der Waals surface area contributed by atoms with Crippen molar-refractivity contribution in [1.82, 2.24) is 0 Å². The lowest BCUT2D eigenvalue weighted by molar-refractivity contribution is -0.151. The summed E-state index contributed by atoms with van der Waals surface area (Å²) < 4.78 is 5.12. The highest BCUT2D eigenvalue weighted by atomic mass is 28.3. The van der Waals surface area contributed by atoms with Crippen molar-refractivity contribution in [3.63, 3.8) is 0 Å². The third-order valence-electron chi connectivity index (χ3n) is 3.84. The fourth-order valence-electron chi connectivity index (χ4n) is 1.38. The fraction of sp³-hybridized carbons (Fsp3) is 0.467. The van der Waals surface area contributed by atoms with Gasteiger partial charge in [-0.2, -0.15) is 0 Å². The smallest absolute Gasteiger partial charge is 0.369 e. The van der Waals surface area contributed by atoms with Crippen LogP contribution in [-0.2, 0) is 20.9 Å². The fourth-order valence-corrected chi connectivity index (χ4v) is 2.65. The lowest BCUT2D eigenvalue weighted by Crippen LogP contribution is -2.50. The molecule has 1 aromatic rings. The van der Waals surface area contributed by atoms with Gasteiger partial charge in [-0.25, -0.2) is 4.79 Å². The molecule has 104 valence electrons. The van der Waals surface area contributed by atoms with Crippen molar-refractivity contribution in [2.75, 3.05) is 0 Å². The molecule has 0 aliphatic carbocycles. The summed E-state index contributed by atoms with van der Waals surface area (Å²) in [6, 6.07) is 9.37. The predicted octanol–water partition coefficient (Wildman–Crippen LogP) is 3.35. The van der Waals surface area contributed by atoms with E-state index in [9.17, 15) is 9.59 Å². The highest BCUT2D eigenvalue weighted by Crippen LogP contribution is 2.36. The Hall–Kier alpha value is -1.42. The van der Waals surface area contributed by atoms with E-state index >= 15 is 0 Å². The minimum atomic E-state index is -2.32. The summed E-state index contributed by atoms with van der Waals surface area (Å²) in [7, 11) is -2.32. The molecular weight excluding hydrogens is 256 g/mol. The van der Waals surface area contributed by atoms with E-state index < -0.39 is 14.0 Å². The number of hydrogen-bond donors (Lipinski definition) is 0. The van der Waals surface area contributed by atoms with Crippen molar-refractivity contribution in [3.8, 4) is 0 Å². The van der Waals surface area contributed by atoms with Gasteiger partial charge in [0.05, 0.1) is 0 Å². The van der Waals surface area contributed by atoms with Gasteiger partial charge in [0.15, 0.2) is 0 Å². The third-order valence-corrected chi connectivity index (χ3v) is 8.93. The number of carbonyl (C=O) groups is 2. The molecule has 0 bridgehead atoms. The van der Waals surface area contributed by atoms with E-state index in [1.165, 1.54) is 0 Å². The lowest BCUT2D eigenvalue weighted by Gasteiger charge is -2.33. The van der Waals surface area contributed by atoms with Crippen LogP contribution in [0.1, 0.15) is 26.3 Å². The molecule has 19 heavy (non-hydrogen) atoms. The number of benzene rings is 1. The van der Waals surface area contributed by atoms with Gasteiger partial charge in [-0.05, 0) is 10.6 Å². The molecule has 0 unspecified atom stereocenters. The normalized spacial score (nSPS) is 12.1. The Morgan fingerprint density at radius 2 is 1.63 bits per heavy atom. The molecule has 0 spiro atoms. The topological polar surface area (TPSA) is 43.4 Å². The highest BCUT2D eigenvalue weighted by molar-refractivity contribution is 7.13. The largest absolute Gasteiger partial charge is 0.455 e. The van der Waals surface area contributed by atoms with Crippen molar-refractivity contribution in [1.29, 1.82) is 0 Å². The van der Waals surface area contributed by atoms with Gasteiger partial charge in [-0.15, -0.1) is 0 Å². The summed E-state index contributed by atoms with van der Waals surface area (Å²) in [5.74, 6) is -0.699. The summed E-state index contributed by atoms with van der Waals surface area (Å²) >= 11 is 0. The molecule has 1 rings (SSSR count). The first-order valence-electron chi connectivity index (χ1n) is 6.42. The van der Waals surface area contributed by atoms with Crippen molar-refractivity contribution in [2.24, 2.45) is 0 Å². The average Bonchev–Trinajstić information content (AvgIpc) is 2.34. The van der Waals surface area contributed by atoms with Gasteiger partial charge < -0.3 is 4.74 Å². The summed E-state index contributed by atoms with van der Waals surface area (Å²) in [6.45, 7) is 9.99. The van der Waals surface area contributed by atoms with Crippen LogP contribution in [0.15, 0.2) is 30.3 Å². The summed E-state index contributed by atoms with van der Waals surface area (Å²) in [5.41, 5.74) is 0.888. The van der Waals surface area contributed by atoms with E-state index in [2.05, 4.69) is 0 Å². The second-order valence-corrected chi connectivity index (χ2v) is 11.5. The van der Waals surface area contributed by atoms with Gasteiger partial charge in [0.25, 0.3) is 0 Å². The van der Waals surface area contributed by atoms with Gasteiger partial charge in [0.1, 0.15) is 14.7 Å². The van der Waals surface area contributed by atoms with Crippen LogP contribution in [0.3, 0.4) is 0 Å². The second-order valence-electron chi connectivity index (χ2n) is 6.27. The lowest BCUT2D eigenvalue weighted by atomic mass is 10.2. The molecule has 0 amide bonds. The number of ether oxygens (including phenoxy) is 1. The Balaban J connectivity index is 2.67. The predicted molar refractivity (Wildman–Crippen MR) is 78.4 cm³/mol. The molecule has 0 saturated carbocycles. The number of esters is 1. The zero-order valence-corrected chi connectivity index (χ0v) is 13.3. The Morgan fingerprint density at radius 1 is 1.11 bits per heavy atom. The highest BCUT2D eigenvalue weighted by Gasteiger charge is 2.46. The zero-order valence-electron chi connectivity index (χ0n) is 12.3.